The molecule has 1 aliphatic carbocycles. The second-order valence-electron chi connectivity index (χ2n) is 7.04. The van der Waals surface area contributed by atoms with E-state index in [4.69, 9.17) is 4.74 Å². The SMILES string of the molecule is CCc1sc(NC(=O)[C@@H]2CC(=O)N(C3CC3)C2)nc1-c1ccc(OC)cc1. The van der Waals surface area contributed by atoms with E-state index in [0.717, 1.165) is 41.1 Å². The van der Waals surface area contributed by atoms with Gasteiger partial charge in [-0.3, -0.25) is 9.59 Å². The third-order valence-electron chi connectivity index (χ3n) is 5.13. The van der Waals surface area contributed by atoms with Crippen molar-refractivity contribution in [2.24, 2.45) is 5.92 Å². The number of carbonyl (C=O) groups is 2. The first kappa shape index (κ1) is 18.0. The molecule has 2 aliphatic rings. The van der Waals surface area contributed by atoms with Gasteiger partial charge in [0, 0.05) is 29.4 Å². The molecule has 2 amide bonds. The van der Waals surface area contributed by atoms with Crippen LogP contribution in [0.3, 0.4) is 0 Å². The van der Waals surface area contributed by atoms with Crippen molar-refractivity contribution in [2.45, 2.75) is 38.6 Å². The molecule has 1 aromatic carbocycles. The number of amides is 2. The summed E-state index contributed by atoms with van der Waals surface area (Å²) in [6.07, 6.45) is 3.28. The van der Waals surface area contributed by atoms with Crippen LogP contribution in [0.1, 0.15) is 31.1 Å². The average molecular weight is 385 g/mol. The van der Waals surface area contributed by atoms with E-state index >= 15 is 0 Å². The number of likely N-dealkylation sites (tertiary alicyclic amines) is 1. The molecule has 1 atom stereocenters. The predicted molar refractivity (Wildman–Crippen MR) is 105 cm³/mol. The van der Waals surface area contributed by atoms with E-state index in [1.165, 1.54) is 11.3 Å². The molecule has 1 aliphatic heterocycles. The van der Waals surface area contributed by atoms with Crippen LogP contribution in [0, 0.1) is 5.92 Å². The van der Waals surface area contributed by atoms with Crippen LogP contribution in [0.25, 0.3) is 11.3 Å². The fourth-order valence-corrected chi connectivity index (χ4v) is 4.40. The third kappa shape index (κ3) is 3.69. The van der Waals surface area contributed by atoms with Gasteiger partial charge in [0.05, 0.1) is 18.7 Å². The lowest BCUT2D eigenvalue weighted by Crippen LogP contribution is -2.29. The van der Waals surface area contributed by atoms with Gasteiger partial charge in [0.15, 0.2) is 5.13 Å². The highest BCUT2D eigenvalue weighted by atomic mass is 32.1. The second kappa shape index (κ2) is 7.31. The number of anilines is 1. The van der Waals surface area contributed by atoms with Crippen LogP contribution >= 0.6 is 11.3 Å². The summed E-state index contributed by atoms with van der Waals surface area (Å²) >= 11 is 1.50. The monoisotopic (exact) mass is 385 g/mol. The molecule has 0 spiro atoms. The predicted octanol–water partition coefficient (Wildman–Crippen LogP) is 3.33. The van der Waals surface area contributed by atoms with Gasteiger partial charge in [-0.1, -0.05) is 6.92 Å². The number of hydrogen-bond acceptors (Lipinski definition) is 5. The number of nitrogens with one attached hydrogen (secondary N) is 1. The van der Waals surface area contributed by atoms with Crippen molar-refractivity contribution in [1.82, 2.24) is 9.88 Å². The number of rotatable bonds is 6. The van der Waals surface area contributed by atoms with Crippen molar-refractivity contribution in [3.8, 4) is 17.0 Å². The van der Waals surface area contributed by atoms with Crippen LogP contribution in [0.5, 0.6) is 5.75 Å². The first-order valence-electron chi connectivity index (χ1n) is 9.33. The normalized spacial score (nSPS) is 19.4. The lowest BCUT2D eigenvalue weighted by atomic mass is 10.1. The van der Waals surface area contributed by atoms with Gasteiger partial charge >= 0.3 is 0 Å². The van der Waals surface area contributed by atoms with Crippen LogP contribution in [-0.4, -0.2) is 41.4 Å². The van der Waals surface area contributed by atoms with Crippen molar-refractivity contribution in [1.29, 1.82) is 0 Å². The zero-order chi connectivity index (χ0) is 19.0. The van der Waals surface area contributed by atoms with E-state index in [-0.39, 0.29) is 17.7 Å². The highest BCUT2D eigenvalue weighted by Crippen LogP contribution is 2.35. The minimum atomic E-state index is -0.281. The Morgan fingerprint density at radius 1 is 1.33 bits per heavy atom. The molecule has 2 fully saturated rings. The molecular formula is C20H23N3O3S. The Balaban J connectivity index is 1.48. The standard InChI is InChI=1S/C20H23N3O3S/c1-3-16-18(12-4-8-15(26-2)9-5-12)21-20(27-16)22-19(25)13-10-17(24)23(11-13)14-6-7-14/h4-5,8-9,13-14H,3,6-7,10-11H2,1-2H3,(H,21,22,25)/t13-/m1/s1. The van der Waals surface area contributed by atoms with E-state index in [2.05, 4.69) is 17.2 Å². The highest BCUT2D eigenvalue weighted by Gasteiger charge is 2.41. The maximum atomic E-state index is 12.6. The summed E-state index contributed by atoms with van der Waals surface area (Å²) < 4.78 is 5.21. The van der Waals surface area contributed by atoms with Crippen LogP contribution in [0.4, 0.5) is 5.13 Å². The first-order valence-corrected chi connectivity index (χ1v) is 10.1. The number of thiazole rings is 1. The van der Waals surface area contributed by atoms with Gasteiger partial charge in [0.1, 0.15) is 5.75 Å². The molecule has 0 radical (unpaired) electrons. The molecule has 1 saturated heterocycles. The van der Waals surface area contributed by atoms with Gasteiger partial charge in [-0.05, 0) is 43.5 Å². The first-order chi connectivity index (χ1) is 13.1. The Kier molecular flexibility index (Phi) is 4.86. The van der Waals surface area contributed by atoms with Gasteiger partial charge in [-0.25, -0.2) is 4.98 Å². The molecule has 4 rings (SSSR count). The molecule has 1 aromatic heterocycles. The molecular weight excluding hydrogens is 362 g/mol. The number of hydrogen-bond donors (Lipinski definition) is 1. The van der Waals surface area contributed by atoms with Crippen molar-refractivity contribution in [3.63, 3.8) is 0 Å². The molecule has 2 aromatic rings. The van der Waals surface area contributed by atoms with E-state index in [1.807, 2.05) is 29.2 Å². The van der Waals surface area contributed by atoms with Gasteiger partial charge in [0.2, 0.25) is 11.8 Å². The molecule has 2 heterocycles. The summed E-state index contributed by atoms with van der Waals surface area (Å²) in [7, 11) is 1.64. The van der Waals surface area contributed by atoms with Crippen LogP contribution < -0.4 is 10.1 Å². The maximum Gasteiger partial charge on any atom is 0.231 e. The number of ether oxygens (including phenoxy) is 1. The minimum Gasteiger partial charge on any atom is -0.497 e. The number of methoxy groups -OCH3 is 1. The van der Waals surface area contributed by atoms with Crippen LogP contribution in [0.2, 0.25) is 0 Å². The Hall–Kier alpha value is -2.41. The largest absolute Gasteiger partial charge is 0.497 e. The zero-order valence-corrected chi connectivity index (χ0v) is 16.3. The molecule has 1 N–H and O–H groups in total. The fourth-order valence-electron chi connectivity index (χ4n) is 3.47. The molecule has 7 heteroatoms. The maximum absolute atomic E-state index is 12.6. The number of benzene rings is 1. The topological polar surface area (TPSA) is 71.5 Å². The van der Waals surface area contributed by atoms with E-state index in [9.17, 15) is 9.59 Å². The molecule has 27 heavy (non-hydrogen) atoms. The molecule has 142 valence electrons. The van der Waals surface area contributed by atoms with Crippen molar-refractivity contribution >= 4 is 28.3 Å². The molecule has 0 unspecified atom stereocenters. The summed E-state index contributed by atoms with van der Waals surface area (Å²) in [5, 5.41) is 3.53. The average Bonchev–Trinajstić information content (AvgIpc) is 3.33. The number of aromatic nitrogens is 1. The lowest BCUT2D eigenvalue weighted by Gasteiger charge is -2.14. The third-order valence-corrected chi connectivity index (χ3v) is 6.24. The second-order valence-corrected chi connectivity index (χ2v) is 8.12. The van der Waals surface area contributed by atoms with E-state index in [1.54, 1.807) is 7.11 Å². The quantitative estimate of drug-likeness (QED) is 0.828. The van der Waals surface area contributed by atoms with Crippen molar-refractivity contribution in [3.05, 3.63) is 29.1 Å². The molecule has 6 nitrogen and oxygen atoms in total. The Labute approximate surface area is 162 Å². The molecule has 1 saturated carbocycles. The van der Waals surface area contributed by atoms with Gasteiger partial charge in [-0.2, -0.15) is 0 Å². The number of aryl methyl sites for hydroxylation is 1. The summed E-state index contributed by atoms with van der Waals surface area (Å²) in [5.74, 6) is 0.511. The minimum absolute atomic E-state index is 0.102. The highest BCUT2D eigenvalue weighted by molar-refractivity contribution is 7.16. The number of nitrogens with zero attached hydrogens (tertiary/aromatic N) is 2. The van der Waals surface area contributed by atoms with Crippen molar-refractivity contribution < 1.29 is 14.3 Å². The summed E-state index contributed by atoms with van der Waals surface area (Å²) in [4.78, 5) is 32.4. The van der Waals surface area contributed by atoms with Crippen LogP contribution in [-0.2, 0) is 16.0 Å². The smallest absolute Gasteiger partial charge is 0.231 e. The van der Waals surface area contributed by atoms with E-state index in [0.29, 0.717) is 24.1 Å². The lowest BCUT2D eigenvalue weighted by molar-refractivity contribution is -0.128. The van der Waals surface area contributed by atoms with Crippen LogP contribution in [0.15, 0.2) is 24.3 Å². The Morgan fingerprint density at radius 2 is 2.07 bits per heavy atom. The van der Waals surface area contributed by atoms with Crippen molar-refractivity contribution in [2.75, 3.05) is 19.0 Å². The van der Waals surface area contributed by atoms with E-state index < -0.39 is 0 Å². The summed E-state index contributed by atoms with van der Waals surface area (Å²) in [6, 6.07) is 8.12. The number of carbonyl (C=O) groups excluding carboxylic acids is 2. The van der Waals surface area contributed by atoms with Gasteiger partial charge < -0.3 is 15.0 Å². The van der Waals surface area contributed by atoms with Gasteiger partial charge in [0.25, 0.3) is 0 Å². The summed E-state index contributed by atoms with van der Waals surface area (Å²) in [5.41, 5.74) is 1.89. The Morgan fingerprint density at radius 3 is 2.70 bits per heavy atom. The zero-order valence-electron chi connectivity index (χ0n) is 15.5. The summed E-state index contributed by atoms with van der Waals surface area (Å²) in [6.45, 7) is 2.61. The fraction of sp³-hybridized carbons (Fsp3) is 0.450. The van der Waals surface area contributed by atoms with Gasteiger partial charge in [-0.15, -0.1) is 11.3 Å². The molecule has 0 bridgehead atoms. The Bertz CT molecular complexity index is 858.